The van der Waals surface area contributed by atoms with Crippen molar-refractivity contribution in [2.24, 2.45) is 0 Å². The van der Waals surface area contributed by atoms with E-state index in [0.717, 1.165) is 22.0 Å². The highest BCUT2D eigenvalue weighted by Gasteiger charge is 2.14. The Morgan fingerprint density at radius 3 is 2.63 bits per heavy atom. The van der Waals surface area contributed by atoms with E-state index in [2.05, 4.69) is 42.1 Å². The lowest BCUT2D eigenvalue weighted by atomic mass is 9.87. The molecule has 138 valence electrons. The van der Waals surface area contributed by atoms with Crippen molar-refractivity contribution in [3.05, 3.63) is 83.8 Å². The Morgan fingerprint density at radius 2 is 1.89 bits per heavy atom. The predicted molar refractivity (Wildman–Crippen MR) is 111 cm³/mol. The summed E-state index contributed by atoms with van der Waals surface area (Å²) in [4.78, 5) is 21.0. The van der Waals surface area contributed by atoms with Crippen LogP contribution in [0, 0.1) is 0 Å². The SMILES string of the molecule is CC(C)(C)c1cccc(NC(=O)c2cccc(CSc3cnccn3)c2)c1. The molecule has 0 radical (unpaired) electrons. The molecule has 1 aromatic heterocycles. The molecule has 0 saturated heterocycles. The van der Waals surface area contributed by atoms with Gasteiger partial charge < -0.3 is 5.32 Å². The smallest absolute Gasteiger partial charge is 0.255 e. The molecule has 0 bridgehead atoms. The third-order valence-electron chi connectivity index (χ3n) is 4.10. The number of aromatic nitrogens is 2. The van der Waals surface area contributed by atoms with E-state index in [1.165, 1.54) is 5.56 Å². The maximum atomic E-state index is 12.7. The van der Waals surface area contributed by atoms with E-state index in [4.69, 9.17) is 0 Å². The summed E-state index contributed by atoms with van der Waals surface area (Å²) < 4.78 is 0. The highest BCUT2D eigenvalue weighted by molar-refractivity contribution is 7.98. The van der Waals surface area contributed by atoms with Gasteiger partial charge >= 0.3 is 0 Å². The van der Waals surface area contributed by atoms with Gasteiger partial charge in [-0.1, -0.05) is 45.0 Å². The van der Waals surface area contributed by atoms with Crippen molar-refractivity contribution in [1.82, 2.24) is 9.97 Å². The molecule has 3 rings (SSSR count). The number of anilines is 1. The molecule has 1 heterocycles. The van der Waals surface area contributed by atoms with Gasteiger partial charge in [-0.05, 0) is 40.8 Å². The molecule has 0 aliphatic rings. The number of hydrogen-bond acceptors (Lipinski definition) is 4. The second-order valence-electron chi connectivity index (χ2n) is 7.32. The second kappa shape index (κ2) is 8.35. The number of amides is 1. The minimum atomic E-state index is -0.104. The molecule has 27 heavy (non-hydrogen) atoms. The van der Waals surface area contributed by atoms with Gasteiger partial charge in [0, 0.05) is 29.4 Å². The van der Waals surface area contributed by atoms with Crippen LogP contribution in [0.2, 0.25) is 0 Å². The van der Waals surface area contributed by atoms with Crippen LogP contribution in [-0.2, 0) is 11.2 Å². The Hall–Kier alpha value is -2.66. The maximum absolute atomic E-state index is 12.7. The normalized spacial score (nSPS) is 11.2. The first-order valence-corrected chi connectivity index (χ1v) is 9.80. The summed E-state index contributed by atoms with van der Waals surface area (Å²) in [7, 11) is 0. The number of carbonyl (C=O) groups is 1. The topological polar surface area (TPSA) is 54.9 Å². The second-order valence-corrected chi connectivity index (χ2v) is 8.31. The lowest BCUT2D eigenvalue weighted by Crippen LogP contribution is -2.14. The van der Waals surface area contributed by atoms with Crippen molar-refractivity contribution in [3.8, 4) is 0 Å². The van der Waals surface area contributed by atoms with Gasteiger partial charge in [-0.3, -0.25) is 9.78 Å². The van der Waals surface area contributed by atoms with E-state index in [0.29, 0.717) is 5.56 Å². The highest BCUT2D eigenvalue weighted by atomic mass is 32.2. The van der Waals surface area contributed by atoms with Gasteiger partial charge in [-0.15, -0.1) is 11.8 Å². The average Bonchev–Trinajstić information content (AvgIpc) is 2.67. The van der Waals surface area contributed by atoms with Crippen LogP contribution in [-0.4, -0.2) is 15.9 Å². The van der Waals surface area contributed by atoms with Gasteiger partial charge in [0.25, 0.3) is 5.91 Å². The Balaban J connectivity index is 1.68. The summed E-state index contributed by atoms with van der Waals surface area (Å²) in [6.45, 7) is 6.48. The molecule has 0 spiro atoms. The summed E-state index contributed by atoms with van der Waals surface area (Å²) in [6, 6.07) is 15.7. The van der Waals surface area contributed by atoms with Crippen molar-refractivity contribution in [2.45, 2.75) is 37.0 Å². The fraction of sp³-hybridized carbons (Fsp3) is 0.227. The molecule has 0 aliphatic heterocycles. The minimum Gasteiger partial charge on any atom is -0.322 e. The van der Waals surface area contributed by atoms with Crippen LogP contribution in [0.15, 0.2) is 72.1 Å². The molecular formula is C22H23N3OS. The molecule has 0 atom stereocenters. The Bertz CT molecular complexity index is 920. The van der Waals surface area contributed by atoms with E-state index < -0.39 is 0 Å². The lowest BCUT2D eigenvalue weighted by Gasteiger charge is -2.20. The van der Waals surface area contributed by atoms with Gasteiger partial charge in [-0.2, -0.15) is 0 Å². The van der Waals surface area contributed by atoms with Crippen LogP contribution < -0.4 is 5.32 Å². The van der Waals surface area contributed by atoms with Crippen LogP contribution in [0.4, 0.5) is 5.69 Å². The number of carbonyl (C=O) groups excluding carboxylic acids is 1. The number of thioether (sulfide) groups is 1. The van der Waals surface area contributed by atoms with Gasteiger partial charge in [0.15, 0.2) is 0 Å². The Kier molecular flexibility index (Phi) is 5.91. The van der Waals surface area contributed by atoms with E-state index in [1.807, 2.05) is 42.5 Å². The molecule has 0 saturated carbocycles. The maximum Gasteiger partial charge on any atom is 0.255 e. The van der Waals surface area contributed by atoms with Crippen molar-refractivity contribution in [3.63, 3.8) is 0 Å². The molecule has 1 amide bonds. The summed E-state index contributed by atoms with van der Waals surface area (Å²) in [5, 5.41) is 3.87. The van der Waals surface area contributed by atoms with Crippen molar-refractivity contribution >= 4 is 23.4 Å². The molecule has 4 nitrogen and oxygen atoms in total. The standard InChI is InChI=1S/C22H23N3OS/c1-22(2,3)18-8-5-9-19(13-18)25-21(26)17-7-4-6-16(12-17)15-27-20-14-23-10-11-24-20/h4-14H,15H2,1-3H3,(H,25,26). The molecule has 1 N–H and O–H groups in total. The van der Waals surface area contributed by atoms with Gasteiger partial charge in [-0.25, -0.2) is 4.98 Å². The quantitative estimate of drug-likeness (QED) is 0.612. The number of nitrogens with zero attached hydrogens (tertiary/aromatic N) is 2. The van der Waals surface area contributed by atoms with E-state index >= 15 is 0 Å². The first-order chi connectivity index (χ1) is 12.9. The van der Waals surface area contributed by atoms with Crippen molar-refractivity contribution in [2.75, 3.05) is 5.32 Å². The molecular weight excluding hydrogens is 354 g/mol. The molecule has 0 aliphatic carbocycles. The minimum absolute atomic E-state index is 0.0399. The van der Waals surface area contributed by atoms with Crippen LogP contribution in [0.5, 0.6) is 0 Å². The number of nitrogens with one attached hydrogen (secondary N) is 1. The van der Waals surface area contributed by atoms with Crippen molar-refractivity contribution in [1.29, 1.82) is 0 Å². The first-order valence-electron chi connectivity index (χ1n) is 8.81. The largest absolute Gasteiger partial charge is 0.322 e. The number of benzene rings is 2. The molecule has 2 aromatic carbocycles. The summed E-state index contributed by atoms with van der Waals surface area (Å²) in [5.41, 5.74) is 3.76. The molecule has 0 fully saturated rings. The monoisotopic (exact) mass is 377 g/mol. The zero-order chi connectivity index (χ0) is 19.3. The number of rotatable bonds is 5. The zero-order valence-electron chi connectivity index (χ0n) is 15.8. The van der Waals surface area contributed by atoms with Gasteiger partial charge in [0.05, 0.1) is 6.20 Å². The lowest BCUT2D eigenvalue weighted by molar-refractivity contribution is 0.102. The average molecular weight is 378 g/mol. The summed E-state index contributed by atoms with van der Waals surface area (Å²) >= 11 is 1.60. The van der Waals surface area contributed by atoms with Crippen LogP contribution in [0.1, 0.15) is 42.3 Å². The molecule has 3 aromatic rings. The summed E-state index contributed by atoms with van der Waals surface area (Å²) in [5.74, 6) is 0.631. The third kappa shape index (κ3) is 5.41. The first kappa shape index (κ1) is 19.1. The zero-order valence-corrected chi connectivity index (χ0v) is 16.6. The van der Waals surface area contributed by atoms with Crippen molar-refractivity contribution < 1.29 is 4.79 Å². The van der Waals surface area contributed by atoms with Crippen LogP contribution >= 0.6 is 11.8 Å². The molecule has 5 heteroatoms. The fourth-order valence-corrected chi connectivity index (χ4v) is 3.35. The fourth-order valence-electron chi connectivity index (χ4n) is 2.59. The van der Waals surface area contributed by atoms with Crippen LogP contribution in [0.25, 0.3) is 0 Å². The van der Waals surface area contributed by atoms with E-state index in [9.17, 15) is 4.79 Å². The Morgan fingerprint density at radius 1 is 1.07 bits per heavy atom. The molecule has 0 unspecified atom stereocenters. The predicted octanol–water partition coefficient (Wildman–Crippen LogP) is 5.32. The summed E-state index contributed by atoms with van der Waals surface area (Å²) in [6.07, 6.45) is 5.07. The van der Waals surface area contributed by atoms with Crippen LogP contribution in [0.3, 0.4) is 0 Å². The van der Waals surface area contributed by atoms with Gasteiger partial charge in [0.1, 0.15) is 5.03 Å². The highest BCUT2D eigenvalue weighted by Crippen LogP contribution is 2.25. The van der Waals surface area contributed by atoms with Gasteiger partial charge in [0.2, 0.25) is 0 Å². The third-order valence-corrected chi connectivity index (χ3v) is 5.09. The van der Waals surface area contributed by atoms with E-state index in [-0.39, 0.29) is 11.3 Å². The van der Waals surface area contributed by atoms with E-state index in [1.54, 1.807) is 30.4 Å². The Labute approximate surface area is 164 Å². The number of hydrogen-bond donors (Lipinski definition) is 1.